The molecule has 35 atom stereocenters. The molecule has 554 valence electrons. The molecule has 15 unspecified atom stereocenters. The maximum absolute atomic E-state index is 11.9. The van der Waals surface area contributed by atoms with Crippen LogP contribution in [-0.4, -0.2) is 408 Å². The lowest BCUT2D eigenvalue weighted by molar-refractivity contribution is -0.364. The largest absolute Gasteiger partial charge is 0.396 e. The van der Waals surface area contributed by atoms with Gasteiger partial charge in [0, 0.05) is 55.6 Å². The number of ether oxygens (including phenoxy) is 12. The van der Waals surface area contributed by atoms with E-state index in [2.05, 4.69) is 10.6 Å². The number of thiocarbonyl (C=S) groups is 1. The van der Waals surface area contributed by atoms with Crippen LogP contribution in [0.5, 0.6) is 0 Å². The minimum absolute atomic E-state index is 0.0742. The highest BCUT2D eigenvalue weighted by Gasteiger charge is 2.56. The van der Waals surface area contributed by atoms with Crippen LogP contribution in [0.3, 0.4) is 0 Å². The summed E-state index contributed by atoms with van der Waals surface area (Å²) in [6.45, 7) is -7.36. The smallest absolute Gasteiger partial charge is 0.187 e. The molecule has 7 aliphatic heterocycles. The molecule has 2 saturated carbocycles. The van der Waals surface area contributed by atoms with E-state index >= 15 is 0 Å². The topological polar surface area (TPSA) is 600 Å². The maximum atomic E-state index is 11.9. The third-order valence-electron chi connectivity index (χ3n) is 19.0. The van der Waals surface area contributed by atoms with Gasteiger partial charge in [0.05, 0.1) is 82.9 Å². The zero-order chi connectivity index (χ0) is 69.3. The zero-order valence-corrected chi connectivity index (χ0v) is 53.3. The number of hydrogen-bond donors (Lipinski definition) is 25. The van der Waals surface area contributed by atoms with Crippen molar-refractivity contribution in [3.05, 3.63) is 0 Å². The molecular formula is C56H98N2O35S2. The first-order valence-corrected chi connectivity index (χ1v) is 33.4. The van der Waals surface area contributed by atoms with E-state index in [1.54, 1.807) is 0 Å². The van der Waals surface area contributed by atoms with Gasteiger partial charge in [-0.3, -0.25) is 0 Å². The van der Waals surface area contributed by atoms with Crippen LogP contribution in [0.4, 0.5) is 0 Å². The highest BCUT2D eigenvalue weighted by Crippen LogP contribution is 2.39. The molecule has 2 bridgehead atoms. The van der Waals surface area contributed by atoms with Crippen molar-refractivity contribution in [1.82, 2.24) is 10.6 Å². The first kappa shape index (κ1) is 79.3. The molecule has 39 heteroatoms. The Morgan fingerprint density at radius 3 is 1.42 bits per heavy atom. The van der Waals surface area contributed by atoms with Crippen LogP contribution < -0.4 is 10.6 Å². The van der Waals surface area contributed by atoms with Crippen molar-refractivity contribution in [3.63, 3.8) is 0 Å². The van der Waals surface area contributed by atoms with Gasteiger partial charge in [0.25, 0.3) is 0 Å². The molecule has 9 aliphatic rings. The van der Waals surface area contributed by atoms with E-state index < -0.39 is 279 Å². The van der Waals surface area contributed by atoms with Crippen molar-refractivity contribution in [3.8, 4) is 0 Å². The van der Waals surface area contributed by atoms with Gasteiger partial charge in [-0.1, -0.05) is 12.8 Å². The van der Waals surface area contributed by atoms with Gasteiger partial charge in [0.2, 0.25) is 0 Å². The van der Waals surface area contributed by atoms with Gasteiger partial charge < -0.3 is 185 Å². The Morgan fingerprint density at radius 1 is 0.421 bits per heavy atom. The normalized spacial score (nSPS) is 47.6. The summed E-state index contributed by atoms with van der Waals surface area (Å²) in [4.78, 5) is 0. The molecule has 0 radical (unpaired) electrons. The summed E-state index contributed by atoms with van der Waals surface area (Å²) < 4.78 is 70.9. The van der Waals surface area contributed by atoms with Crippen LogP contribution in [0.25, 0.3) is 0 Å². The fourth-order valence-corrected chi connectivity index (χ4v) is 14.5. The maximum Gasteiger partial charge on any atom is 0.187 e. The van der Waals surface area contributed by atoms with E-state index in [1.807, 2.05) is 0 Å². The van der Waals surface area contributed by atoms with Crippen LogP contribution in [0.15, 0.2) is 0 Å². The Bertz CT molecular complexity index is 2100. The standard InChI is InChI=1S/C56H98N2O35S2/c59-10-20-8-24(33(68)36(71)30(20)65)86-47-21(11-60)9-23(32(67)39(47)74)83-17-56(58-55(94)57-5-7-95-16-29-22-4-2-1-3-6-82-50(91-29)42(77)31(22)66,18-84-51-45(80)40(75)48(27(14-63)89-51)92-53-43(78)37(72)34(69)25(12-61)87-53)19-85-52-46(81)41(76)49(28(15-64)90-52)93-54-44(79)38(73)35(70)26(13-62)88-54/h20-54,59-81H,1-19H2,(H2,57,58,94)/t20?,21?,22?,23-,24-,25?,26?,27?,28?,29?,30+,31-,32?,33?,34+,35+,36+,37+,38+,39-,40-,41-,42?,43?,44?,45?,46?,47-,48-,49-,50+,51-,52-,53+,54+,56?/m1/s1. The Morgan fingerprint density at radius 2 is 0.895 bits per heavy atom. The van der Waals surface area contributed by atoms with Crippen molar-refractivity contribution in [2.45, 2.75) is 240 Å². The van der Waals surface area contributed by atoms with Gasteiger partial charge in [0.15, 0.2) is 36.6 Å². The van der Waals surface area contributed by atoms with Gasteiger partial charge in [-0.15, -0.1) is 0 Å². The molecule has 0 aromatic heterocycles. The number of aliphatic hydroxyl groups is 23. The van der Waals surface area contributed by atoms with Gasteiger partial charge in [-0.05, 0) is 37.9 Å². The SMILES string of the molecule is OCC1C[C@@H](OCC(CO[C@@H]2OC(CO)[C@@H](O[C@@H]3OC(CO)[C@H](O)[C@H](O)C3O)[C@H](O)C2O)(CO[C@@H]2OC(CO)[C@@H](O[C@@H]3OC(CO)[C@H](O)[C@H](O)C3O)[C@H](O)C2O)NC(=S)NCCSCC2O[C@@H]3OCCCCCC2[C@@H](O)C3O)C(O)[C@@H](O)[C@@H]1O[C@@H]1CC(CO)[C@H](O)[C@H](O)C1O. The molecule has 95 heavy (non-hydrogen) atoms. The molecule has 0 aromatic carbocycles. The summed E-state index contributed by atoms with van der Waals surface area (Å²) in [5.41, 5.74) is -2.13. The van der Waals surface area contributed by atoms with Gasteiger partial charge in [-0.25, -0.2) is 0 Å². The number of aliphatic hydroxyl groups excluding tert-OH is 23. The van der Waals surface area contributed by atoms with Crippen molar-refractivity contribution < 1.29 is 174 Å². The molecule has 0 spiro atoms. The van der Waals surface area contributed by atoms with E-state index in [9.17, 15) is 117 Å². The Hall–Kier alpha value is -1.36. The minimum Gasteiger partial charge on any atom is -0.396 e. The zero-order valence-electron chi connectivity index (χ0n) is 51.6. The number of fused-ring (bicyclic) bond motifs is 7. The summed E-state index contributed by atoms with van der Waals surface area (Å²) in [7, 11) is 0. The van der Waals surface area contributed by atoms with Gasteiger partial charge >= 0.3 is 0 Å². The van der Waals surface area contributed by atoms with Crippen LogP contribution in [0, 0.1) is 17.8 Å². The second-order valence-corrected chi connectivity index (χ2v) is 27.1. The van der Waals surface area contributed by atoms with Crippen molar-refractivity contribution in [2.24, 2.45) is 17.8 Å². The summed E-state index contributed by atoms with van der Waals surface area (Å²) in [6.07, 6.45) is -52.8. The van der Waals surface area contributed by atoms with Crippen LogP contribution in [0.1, 0.15) is 38.5 Å². The predicted octanol–water partition coefficient (Wildman–Crippen LogP) is -13.2. The van der Waals surface area contributed by atoms with E-state index in [4.69, 9.17) is 69.1 Å². The summed E-state index contributed by atoms with van der Waals surface area (Å²) in [5.74, 6) is -1.90. The lowest BCUT2D eigenvalue weighted by atomic mass is 9.78. The van der Waals surface area contributed by atoms with Gasteiger partial charge in [0.1, 0.15) is 134 Å². The summed E-state index contributed by atoms with van der Waals surface area (Å²) >= 11 is 7.24. The second kappa shape index (κ2) is 36.2. The molecule has 0 amide bonds. The molecule has 37 nitrogen and oxygen atoms in total. The monoisotopic (exact) mass is 1420 g/mol. The number of rotatable bonds is 27. The lowest BCUT2D eigenvalue weighted by Crippen LogP contribution is -2.67. The highest BCUT2D eigenvalue weighted by molar-refractivity contribution is 7.99. The van der Waals surface area contributed by atoms with Gasteiger partial charge in [-0.2, -0.15) is 11.8 Å². The van der Waals surface area contributed by atoms with Crippen LogP contribution >= 0.6 is 24.0 Å². The first-order valence-electron chi connectivity index (χ1n) is 31.8. The Balaban J connectivity index is 1.06. The minimum atomic E-state index is -2.17. The number of nitrogens with one attached hydrogen (secondary N) is 2. The van der Waals surface area contributed by atoms with E-state index in [1.165, 1.54) is 11.8 Å². The molecular weight excluding hydrogens is 1320 g/mol. The molecule has 9 rings (SSSR count). The molecule has 25 N–H and O–H groups in total. The van der Waals surface area contributed by atoms with Crippen molar-refractivity contribution >= 4 is 29.1 Å². The predicted molar refractivity (Wildman–Crippen MR) is 316 cm³/mol. The van der Waals surface area contributed by atoms with Crippen molar-refractivity contribution in [2.75, 3.05) is 84.1 Å². The van der Waals surface area contributed by atoms with E-state index in [0.29, 0.717) is 24.5 Å². The average molecular weight is 1420 g/mol. The second-order valence-electron chi connectivity index (χ2n) is 25.6. The fraction of sp³-hybridized carbons (Fsp3) is 0.982. The third-order valence-corrected chi connectivity index (χ3v) is 20.3. The van der Waals surface area contributed by atoms with Crippen LogP contribution in [0.2, 0.25) is 0 Å². The first-order chi connectivity index (χ1) is 45.3. The summed E-state index contributed by atoms with van der Waals surface area (Å²) in [5, 5.41) is 255. The Kier molecular flexibility index (Phi) is 30.2. The summed E-state index contributed by atoms with van der Waals surface area (Å²) in [6, 6.07) is 0. The third kappa shape index (κ3) is 18.5. The lowest BCUT2D eigenvalue weighted by Gasteiger charge is -2.48. The molecule has 7 heterocycles. The average Bonchev–Trinajstić information content (AvgIpc) is 0.804. The number of thioether (sulfide) groups is 1. The number of hydrogen-bond acceptors (Lipinski definition) is 37. The fourth-order valence-electron chi connectivity index (χ4n) is 13.2. The van der Waals surface area contributed by atoms with E-state index in [0.717, 1.165) is 19.3 Å². The highest BCUT2D eigenvalue weighted by atomic mass is 32.2. The molecule has 9 fully saturated rings. The molecule has 7 saturated heterocycles. The molecule has 2 aliphatic carbocycles. The Labute approximate surface area is 554 Å². The van der Waals surface area contributed by atoms with Crippen molar-refractivity contribution in [1.29, 1.82) is 0 Å². The van der Waals surface area contributed by atoms with Crippen LogP contribution in [-0.2, 0) is 56.8 Å². The quantitative estimate of drug-likeness (QED) is 0.0268. The van der Waals surface area contributed by atoms with E-state index in [-0.39, 0.29) is 24.5 Å². The molecule has 0 aromatic rings.